The Balaban J connectivity index is 2.34. The molecule has 1 fully saturated rings. The third kappa shape index (κ3) is 3.97. The van der Waals surface area contributed by atoms with Gasteiger partial charge in [0, 0.05) is 12.6 Å². The first-order valence-corrected chi connectivity index (χ1v) is 6.29. The van der Waals surface area contributed by atoms with Crippen LogP contribution in [0.5, 0.6) is 0 Å². The van der Waals surface area contributed by atoms with Gasteiger partial charge in [0.1, 0.15) is 0 Å². The summed E-state index contributed by atoms with van der Waals surface area (Å²) >= 11 is 0. The topological polar surface area (TPSA) is 41.1 Å². The van der Waals surface area contributed by atoms with Crippen LogP contribution >= 0.6 is 0 Å². The van der Waals surface area contributed by atoms with E-state index in [2.05, 4.69) is 24.1 Å². The van der Waals surface area contributed by atoms with Crippen molar-refractivity contribution in [1.29, 1.82) is 0 Å². The largest absolute Gasteiger partial charge is 0.351 e. The van der Waals surface area contributed by atoms with Crippen molar-refractivity contribution in [3.63, 3.8) is 0 Å². The summed E-state index contributed by atoms with van der Waals surface area (Å²) in [4.78, 5) is 11.7. The maximum Gasteiger partial charge on any atom is 0.237 e. The molecule has 3 heteroatoms. The van der Waals surface area contributed by atoms with Crippen LogP contribution in [0.4, 0.5) is 0 Å². The summed E-state index contributed by atoms with van der Waals surface area (Å²) in [5.41, 5.74) is 0. The Morgan fingerprint density at radius 1 is 1.50 bits per heavy atom. The second-order valence-corrected chi connectivity index (χ2v) is 4.79. The van der Waals surface area contributed by atoms with E-state index in [0.29, 0.717) is 18.5 Å². The number of carbonyl (C=O) groups is 1. The number of nitrogens with one attached hydrogen (secondary N) is 2. The van der Waals surface area contributed by atoms with E-state index in [1.54, 1.807) is 6.08 Å². The van der Waals surface area contributed by atoms with E-state index in [1.165, 1.54) is 25.7 Å². The lowest BCUT2D eigenvalue weighted by atomic mass is 9.85. The van der Waals surface area contributed by atoms with Crippen molar-refractivity contribution in [1.82, 2.24) is 10.6 Å². The Morgan fingerprint density at radius 3 is 2.81 bits per heavy atom. The summed E-state index contributed by atoms with van der Waals surface area (Å²) in [5.74, 6) is 0.751. The van der Waals surface area contributed by atoms with Gasteiger partial charge in [-0.1, -0.05) is 25.8 Å². The minimum absolute atomic E-state index is 0.0673. The van der Waals surface area contributed by atoms with Gasteiger partial charge in [-0.2, -0.15) is 0 Å². The molecule has 1 aliphatic carbocycles. The van der Waals surface area contributed by atoms with Crippen LogP contribution in [0.2, 0.25) is 0 Å². The average molecular weight is 224 g/mol. The maximum absolute atomic E-state index is 11.7. The van der Waals surface area contributed by atoms with Crippen LogP contribution in [-0.2, 0) is 4.79 Å². The Bertz CT molecular complexity index is 240. The lowest BCUT2D eigenvalue weighted by molar-refractivity contribution is -0.122. The van der Waals surface area contributed by atoms with Crippen molar-refractivity contribution in [2.24, 2.45) is 5.92 Å². The smallest absolute Gasteiger partial charge is 0.237 e. The van der Waals surface area contributed by atoms with E-state index in [9.17, 15) is 4.79 Å². The second-order valence-electron chi connectivity index (χ2n) is 4.79. The SMILES string of the molecule is C=CCNC(=O)C(C)NC1CCCCC1C. The van der Waals surface area contributed by atoms with Crippen LogP contribution in [0, 0.1) is 5.92 Å². The molecule has 0 heterocycles. The molecular formula is C13H24N2O. The van der Waals surface area contributed by atoms with Crippen molar-refractivity contribution < 1.29 is 4.79 Å². The first-order chi connectivity index (χ1) is 7.65. The van der Waals surface area contributed by atoms with Gasteiger partial charge in [0.05, 0.1) is 6.04 Å². The fraction of sp³-hybridized carbons (Fsp3) is 0.769. The first-order valence-electron chi connectivity index (χ1n) is 6.29. The van der Waals surface area contributed by atoms with E-state index in [4.69, 9.17) is 0 Å². The van der Waals surface area contributed by atoms with Crippen LogP contribution in [0.25, 0.3) is 0 Å². The van der Waals surface area contributed by atoms with Gasteiger partial charge in [-0.15, -0.1) is 6.58 Å². The van der Waals surface area contributed by atoms with Gasteiger partial charge in [0.25, 0.3) is 0 Å². The summed E-state index contributed by atoms with van der Waals surface area (Å²) in [6.45, 7) is 8.33. The van der Waals surface area contributed by atoms with Crippen molar-refractivity contribution >= 4 is 5.91 Å². The van der Waals surface area contributed by atoms with Crippen molar-refractivity contribution in [2.45, 2.75) is 51.6 Å². The molecule has 1 amide bonds. The molecule has 0 spiro atoms. The van der Waals surface area contributed by atoms with E-state index >= 15 is 0 Å². The molecule has 3 nitrogen and oxygen atoms in total. The predicted octanol–water partition coefficient (Wildman–Crippen LogP) is 1.85. The molecule has 16 heavy (non-hydrogen) atoms. The van der Waals surface area contributed by atoms with Gasteiger partial charge in [0.2, 0.25) is 5.91 Å². The van der Waals surface area contributed by atoms with Crippen LogP contribution in [-0.4, -0.2) is 24.5 Å². The highest BCUT2D eigenvalue weighted by molar-refractivity contribution is 5.81. The molecule has 3 atom stereocenters. The fourth-order valence-corrected chi connectivity index (χ4v) is 2.29. The van der Waals surface area contributed by atoms with Gasteiger partial charge in [0.15, 0.2) is 0 Å². The minimum atomic E-state index is -0.106. The van der Waals surface area contributed by atoms with E-state index < -0.39 is 0 Å². The van der Waals surface area contributed by atoms with E-state index in [0.717, 1.165) is 0 Å². The number of amides is 1. The summed E-state index contributed by atoms with van der Waals surface area (Å²) in [6, 6.07) is 0.392. The Kier molecular flexibility index (Phi) is 5.53. The molecule has 0 aromatic carbocycles. The standard InChI is InChI=1S/C13H24N2O/c1-4-9-14-13(16)11(3)15-12-8-6-5-7-10(12)2/h4,10-12,15H,1,5-9H2,2-3H3,(H,14,16). The van der Waals surface area contributed by atoms with Gasteiger partial charge in [-0.3, -0.25) is 4.79 Å². The molecule has 0 saturated heterocycles. The minimum Gasteiger partial charge on any atom is -0.351 e. The molecule has 1 saturated carbocycles. The third-order valence-corrected chi connectivity index (χ3v) is 3.39. The highest BCUT2D eigenvalue weighted by atomic mass is 16.2. The highest BCUT2D eigenvalue weighted by Crippen LogP contribution is 2.23. The zero-order valence-electron chi connectivity index (χ0n) is 10.5. The number of hydrogen-bond acceptors (Lipinski definition) is 2. The summed E-state index contributed by atoms with van der Waals surface area (Å²) in [7, 11) is 0. The summed E-state index contributed by atoms with van der Waals surface area (Å²) < 4.78 is 0. The molecule has 0 aromatic rings. The van der Waals surface area contributed by atoms with E-state index in [-0.39, 0.29) is 11.9 Å². The van der Waals surface area contributed by atoms with Gasteiger partial charge >= 0.3 is 0 Å². The molecule has 2 N–H and O–H groups in total. The molecule has 1 aliphatic rings. The Labute approximate surface area is 98.7 Å². The van der Waals surface area contributed by atoms with Crippen LogP contribution in [0.15, 0.2) is 12.7 Å². The van der Waals surface area contributed by atoms with Gasteiger partial charge in [-0.25, -0.2) is 0 Å². The average Bonchev–Trinajstić information content (AvgIpc) is 2.28. The molecule has 92 valence electrons. The first kappa shape index (κ1) is 13.2. The molecule has 0 aromatic heterocycles. The number of hydrogen-bond donors (Lipinski definition) is 2. The molecule has 1 rings (SSSR count). The number of carbonyl (C=O) groups excluding carboxylic acids is 1. The monoisotopic (exact) mass is 224 g/mol. The molecule has 3 unspecified atom stereocenters. The Morgan fingerprint density at radius 2 is 2.19 bits per heavy atom. The van der Waals surface area contributed by atoms with Crippen molar-refractivity contribution in [3.05, 3.63) is 12.7 Å². The Hall–Kier alpha value is -0.830. The van der Waals surface area contributed by atoms with Gasteiger partial charge in [-0.05, 0) is 25.7 Å². The van der Waals surface area contributed by atoms with Crippen molar-refractivity contribution in [3.8, 4) is 0 Å². The van der Waals surface area contributed by atoms with Gasteiger partial charge < -0.3 is 10.6 Å². The van der Waals surface area contributed by atoms with Crippen LogP contribution < -0.4 is 10.6 Å². The van der Waals surface area contributed by atoms with Crippen LogP contribution in [0.1, 0.15) is 39.5 Å². The third-order valence-electron chi connectivity index (χ3n) is 3.39. The molecule has 0 radical (unpaired) electrons. The fourth-order valence-electron chi connectivity index (χ4n) is 2.29. The van der Waals surface area contributed by atoms with Crippen LogP contribution in [0.3, 0.4) is 0 Å². The zero-order valence-corrected chi connectivity index (χ0v) is 10.5. The zero-order chi connectivity index (χ0) is 12.0. The van der Waals surface area contributed by atoms with Crippen molar-refractivity contribution in [2.75, 3.05) is 6.54 Å². The summed E-state index contributed by atoms with van der Waals surface area (Å²) in [6.07, 6.45) is 6.78. The molecule has 0 bridgehead atoms. The lowest BCUT2D eigenvalue weighted by Crippen LogP contribution is -2.49. The lowest BCUT2D eigenvalue weighted by Gasteiger charge is -2.31. The van der Waals surface area contributed by atoms with E-state index in [1.807, 2.05) is 6.92 Å². The predicted molar refractivity (Wildman–Crippen MR) is 67.2 cm³/mol. The normalized spacial score (nSPS) is 27.1. The number of rotatable bonds is 5. The summed E-state index contributed by atoms with van der Waals surface area (Å²) in [5, 5.41) is 6.25. The molecule has 0 aliphatic heterocycles. The second kappa shape index (κ2) is 6.69. The molecular weight excluding hydrogens is 200 g/mol. The quantitative estimate of drug-likeness (QED) is 0.700. The maximum atomic E-state index is 11.7. The highest BCUT2D eigenvalue weighted by Gasteiger charge is 2.24.